The molecule has 0 bridgehead atoms. The van der Waals surface area contributed by atoms with Crippen molar-refractivity contribution < 1.29 is 18.0 Å². The van der Waals surface area contributed by atoms with E-state index in [0.717, 1.165) is 28.5 Å². The molecular weight excluding hydrogens is 405 g/mol. The summed E-state index contributed by atoms with van der Waals surface area (Å²) in [6, 6.07) is 11.5. The van der Waals surface area contributed by atoms with Crippen molar-refractivity contribution in [3.63, 3.8) is 0 Å². The van der Waals surface area contributed by atoms with Gasteiger partial charge in [-0.25, -0.2) is 4.98 Å². The van der Waals surface area contributed by atoms with E-state index in [1.807, 2.05) is 0 Å². The van der Waals surface area contributed by atoms with Gasteiger partial charge in [-0.1, -0.05) is 36.0 Å². The Hall–Kier alpha value is -3.27. The fourth-order valence-corrected chi connectivity index (χ4v) is 3.77. The molecule has 4 aromatic rings. The van der Waals surface area contributed by atoms with E-state index in [0.29, 0.717) is 16.4 Å². The predicted molar refractivity (Wildman–Crippen MR) is 104 cm³/mol. The summed E-state index contributed by atoms with van der Waals surface area (Å²) in [5.74, 6) is -0.821. The van der Waals surface area contributed by atoms with Crippen LogP contribution < -0.4 is 11.3 Å². The molecule has 0 saturated carbocycles. The highest BCUT2D eigenvalue weighted by Gasteiger charge is 2.31. The van der Waals surface area contributed by atoms with Crippen LogP contribution in [0.25, 0.3) is 27.6 Å². The minimum absolute atomic E-state index is 0.00940. The van der Waals surface area contributed by atoms with Crippen molar-refractivity contribution in [2.24, 2.45) is 5.73 Å². The third-order valence-corrected chi connectivity index (χ3v) is 5.23. The van der Waals surface area contributed by atoms with Gasteiger partial charge >= 0.3 is 6.18 Å². The Morgan fingerprint density at radius 1 is 1.17 bits per heavy atom. The number of amides is 1. The molecule has 2 heterocycles. The second-order valence-corrected chi connectivity index (χ2v) is 7.17. The minimum Gasteiger partial charge on any atom is -0.369 e. The highest BCUT2D eigenvalue weighted by Crippen LogP contribution is 2.31. The first-order valence-corrected chi connectivity index (χ1v) is 9.36. The average Bonchev–Trinajstić information content (AvgIpc) is 3.05. The van der Waals surface area contributed by atoms with Gasteiger partial charge in [0, 0.05) is 10.9 Å². The fraction of sp³-hybridized carbons (Fsp3) is 0.105. The van der Waals surface area contributed by atoms with Gasteiger partial charge in [-0.15, -0.1) is 0 Å². The highest BCUT2D eigenvalue weighted by molar-refractivity contribution is 7.99. The van der Waals surface area contributed by atoms with Crippen molar-refractivity contribution >= 4 is 39.6 Å². The quantitative estimate of drug-likeness (QED) is 0.392. The first kappa shape index (κ1) is 19.1. The number of carbonyl (C=O) groups is 1. The molecule has 0 unspecified atom stereocenters. The van der Waals surface area contributed by atoms with Crippen LogP contribution in [0.4, 0.5) is 13.2 Å². The first-order chi connectivity index (χ1) is 13.8. The predicted octanol–water partition coefficient (Wildman–Crippen LogP) is 3.46. The van der Waals surface area contributed by atoms with Crippen LogP contribution in [0.5, 0.6) is 0 Å². The number of aromatic amines is 1. The number of hydrogen-bond acceptors (Lipinski definition) is 4. The number of carbonyl (C=O) groups excluding carboxylic acids is 1. The fourth-order valence-electron chi connectivity index (χ4n) is 3.02. The monoisotopic (exact) mass is 418 g/mol. The Balaban J connectivity index is 2.02. The lowest BCUT2D eigenvalue weighted by Crippen LogP contribution is -2.23. The number of fused-ring (bicyclic) bond motifs is 3. The molecule has 29 heavy (non-hydrogen) atoms. The number of benzene rings is 2. The van der Waals surface area contributed by atoms with Crippen molar-refractivity contribution in [2.75, 3.05) is 5.75 Å². The molecule has 10 heteroatoms. The number of halogens is 3. The van der Waals surface area contributed by atoms with Crippen molar-refractivity contribution in [2.45, 2.75) is 11.3 Å². The average molecular weight is 418 g/mol. The molecule has 2 aromatic carbocycles. The summed E-state index contributed by atoms with van der Waals surface area (Å²) in [6.07, 6.45) is -4.57. The number of primary amides is 1. The van der Waals surface area contributed by atoms with Crippen LogP contribution in [-0.4, -0.2) is 26.2 Å². The summed E-state index contributed by atoms with van der Waals surface area (Å²) in [5.41, 5.74) is 4.92. The number of H-pyrrole nitrogens is 1. The lowest BCUT2D eigenvalue weighted by molar-refractivity contribution is -0.137. The van der Waals surface area contributed by atoms with Gasteiger partial charge in [0.25, 0.3) is 5.56 Å². The van der Waals surface area contributed by atoms with E-state index in [1.54, 1.807) is 24.3 Å². The van der Waals surface area contributed by atoms with Crippen LogP contribution in [0.3, 0.4) is 0 Å². The van der Waals surface area contributed by atoms with Crippen LogP contribution >= 0.6 is 11.8 Å². The molecule has 0 atom stereocenters. The largest absolute Gasteiger partial charge is 0.416 e. The third kappa shape index (κ3) is 3.46. The summed E-state index contributed by atoms with van der Waals surface area (Å²) in [4.78, 5) is 31.9. The van der Waals surface area contributed by atoms with Gasteiger partial charge in [0.2, 0.25) is 5.91 Å². The normalized spacial score (nSPS) is 12.0. The first-order valence-electron chi connectivity index (χ1n) is 8.38. The van der Waals surface area contributed by atoms with E-state index >= 15 is 0 Å². The number of hydrogen-bond donors (Lipinski definition) is 2. The second-order valence-electron chi connectivity index (χ2n) is 6.23. The maximum atomic E-state index is 13.2. The third-order valence-electron chi connectivity index (χ3n) is 4.27. The Kier molecular flexibility index (Phi) is 4.58. The van der Waals surface area contributed by atoms with Gasteiger partial charge in [0.15, 0.2) is 5.16 Å². The SMILES string of the molecule is NC(=O)CSc1nc2c([nH]c3ccccc32)c(=O)n1-c1cccc(C(F)(F)F)c1. The second kappa shape index (κ2) is 6.96. The zero-order chi connectivity index (χ0) is 20.8. The summed E-state index contributed by atoms with van der Waals surface area (Å²) >= 11 is 0.886. The molecule has 1 amide bonds. The Morgan fingerprint density at radius 2 is 1.93 bits per heavy atom. The van der Waals surface area contributed by atoms with E-state index < -0.39 is 23.2 Å². The van der Waals surface area contributed by atoms with Gasteiger partial charge in [-0.3, -0.25) is 14.2 Å². The van der Waals surface area contributed by atoms with Crippen LogP contribution in [0.15, 0.2) is 58.5 Å². The lowest BCUT2D eigenvalue weighted by atomic mass is 10.2. The summed E-state index contributed by atoms with van der Waals surface area (Å²) in [6.45, 7) is 0. The topological polar surface area (TPSA) is 93.8 Å². The van der Waals surface area contributed by atoms with E-state index in [2.05, 4.69) is 9.97 Å². The molecule has 4 rings (SSSR count). The zero-order valence-electron chi connectivity index (χ0n) is 14.7. The maximum Gasteiger partial charge on any atom is 0.416 e. The zero-order valence-corrected chi connectivity index (χ0v) is 15.5. The Bertz CT molecular complexity index is 1310. The number of nitrogens with one attached hydrogen (secondary N) is 1. The van der Waals surface area contributed by atoms with E-state index in [4.69, 9.17) is 5.73 Å². The molecule has 0 aliphatic carbocycles. The number of alkyl halides is 3. The number of aromatic nitrogens is 3. The number of para-hydroxylation sites is 1. The molecule has 0 fully saturated rings. The van der Waals surface area contributed by atoms with E-state index in [-0.39, 0.29) is 22.1 Å². The summed E-state index contributed by atoms with van der Waals surface area (Å²) in [5, 5.41) is 0.766. The summed E-state index contributed by atoms with van der Waals surface area (Å²) in [7, 11) is 0. The van der Waals surface area contributed by atoms with Gasteiger partial charge in [0.1, 0.15) is 11.0 Å². The number of nitrogens with zero attached hydrogens (tertiary/aromatic N) is 2. The van der Waals surface area contributed by atoms with E-state index in [1.165, 1.54) is 12.1 Å². The van der Waals surface area contributed by atoms with Crippen molar-refractivity contribution in [3.05, 3.63) is 64.4 Å². The highest BCUT2D eigenvalue weighted by atomic mass is 32.2. The van der Waals surface area contributed by atoms with Gasteiger partial charge < -0.3 is 10.7 Å². The van der Waals surface area contributed by atoms with Crippen molar-refractivity contribution in [1.82, 2.24) is 14.5 Å². The van der Waals surface area contributed by atoms with Crippen LogP contribution in [0.2, 0.25) is 0 Å². The maximum absolute atomic E-state index is 13.2. The Labute approximate surface area is 165 Å². The van der Waals surface area contributed by atoms with Crippen molar-refractivity contribution in [1.29, 1.82) is 0 Å². The summed E-state index contributed by atoms with van der Waals surface area (Å²) < 4.78 is 40.5. The molecule has 0 spiro atoms. The number of thioether (sulfide) groups is 1. The molecule has 0 saturated heterocycles. The molecule has 0 radical (unpaired) electrons. The van der Waals surface area contributed by atoms with Gasteiger partial charge in [-0.2, -0.15) is 13.2 Å². The molecule has 3 N–H and O–H groups in total. The molecule has 6 nitrogen and oxygen atoms in total. The standard InChI is InChI=1S/C19H13F3N4O2S/c20-19(21,22)10-4-3-5-11(8-10)26-17(28)16-15(25-18(26)29-9-14(23)27)12-6-1-2-7-13(12)24-16/h1-8,24H,9H2,(H2,23,27). The molecule has 0 aliphatic rings. The molecular formula is C19H13F3N4O2S. The lowest BCUT2D eigenvalue weighted by Gasteiger charge is -2.14. The van der Waals surface area contributed by atoms with E-state index in [9.17, 15) is 22.8 Å². The molecule has 0 aliphatic heterocycles. The molecule has 148 valence electrons. The van der Waals surface area contributed by atoms with Crippen LogP contribution in [-0.2, 0) is 11.0 Å². The van der Waals surface area contributed by atoms with Gasteiger partial charge in [-0.05, 0) is 24.3 Å². The number of nitrogens with two attached hydrogens (primary N) is 1. The van der Waals surface area contributed by atoms with Gasteiger partial charge in [0.05, 0.1) is 17.0 Å². The van der Waals surface area contributed by atoms with Crippen LogP contribution in [0, 0.1) is 0 Å². The minimum atomic E-state index is -4.57. The molecule has 2 aromatic heterocycles. The Morgan fingerprint density at radius 3 is 2.66 bits per heavy atom. The van der Waals surface area contributed by atoms with Crippen LogP contribution in [0.1, 0.15) is 5.56 Å². The smallest absolute Gasteiger partial charge is 0.369 e. The number of rotatable bonds is 4. The van der Waals surface area contributed by atoms with Crippen molar-refractivity contribution in [3.8, 4) is 5.69 Å².